The molecule has 1 heterocycles. The first-order valence-corrected chi connectivity index (χ1v) is 6.26. The van der Waals surface area contributed by atoms with Crippen LogP contribution in [0, 0.1) is 0 Å². The van der Waals surface area contributed by atoms with E-state index in [1.807, 2.05) is 4.90 Å². The minimum Gasteiger partial charge on any atom is -0.383 e. The van der Waals surface area contributed by atoms with E-state index in [-0.39, 0.29) is 5.15 Å². The average molecular weight is 279 g/mol. The molecule has 0 radical (unpaired) electrons. The van der Waals surface area contributed by atoms with Gasteiger partial charge in [-0.2, -0.15) is 0 Å². The molecule has 0 aromatic carbocycles. The molecule has 7 heteroatoms. The lowest BCUT2D eigenvalue weighted by Gasteiger charge is -2.20. The number of carbonyl (C=O) groups excluding carboxylic acids is 1. The fourth-order valence-electron chi connectivity index (χ4n) is 1.22. The second-order valence-corrected chi connectivity index (χ2v) is 4.61. The highest BCUT2D eigenvalue weighted by molar-refractivity contribution is 7.17. The third-order valence-corrected chi connectivity index (χ3v) is 3.55. The maximum Gasteiger partial charge on any atom is 0.187 e. The molecule has 5 nitrogen and oxygen atoms in total. The van der Waals surface area contributed by atoms with Crippen molar-refractivity contribution in [3.8, 4) is 0 Å². The number of thiazole rings is 1. The molecule has 0 fully saturated rings. The molecule has 0 aliphatic carbocycles. The molecule has 0 N–H and O–H groups in total. The zero-order chi connectivity index (χ0) is 12.7. The molecular formula is C10H15ClN2O3S. The number of aldehydes is 1. The van der Waals surface area contributed by atoms with Crippen LogP contribution in [0.4, 0.5) is 5.13 Å². The molecule has 1 rings (SSSR count). The average Bonchev–Trinajstić information content (AvgIpc) is 2.70. The Morgan fingerprint density at radius 1 is 1.35 bits per heavy atom. The standard InChI is InChI=1S/C10H15ClN2O3S/c1-15-5-3-13(4-6-16-2)10-12-9(11)8(7-14)17-10/h7H,3-6H2,1-2H3. The molecule has 0 saturated heterocycles. The van der Waals surface area contributed by atoms with Gasteiger partial charge in [0.25, 0.3) is 0 Å². The van der Waals surface area contributed by atoms with Gasteiger partial charge in [0.1, 0.15) is 4.88 Å². The van der Waals surface area contributed by atoms with Crippen LogP contribution in [0.2, 0.25) is 5.15 Å². The molecule has 0 aliphatic rings. The van der Waals surface area contributed by atoms with Gasteiger partial charge in [-0.1, -0.05) is 22.9 Å². The molecule has 96 valence electrons. The summed E-state index contributed by atoms with van der Waals surface area (Å²) in [5.74, 6) is 0. The summed E-state index contributed by atoms with van der Waals surface area (Å²) in [7, 11) is 3.28. The molecule has 0 aliphatic heterocycles. The minimum atomic E-state index is 0.250. The van der Waals surface area contributed by atoms with Gasteiger partial charge in [-0.3, -0.25) is 4.79 Å². The number of halogens is 1. The summed E-state index contributed by atoms with van der Waals surface area (Å²) in [6.07, 6.45) is 0.717. The van der Waals surface area contributed by atoms with Gasteiger partial charge in [-0.15, -0.1) is 0 Å². The predicted molar refractivity (Wildman–Crippen MR) is 68.5 cm³/mol. The zero-order valence-corrected chi connectivity index (χ0v) is 11.4. The number of carbonyl (C=O) groups is 1. The van der Waals surface area contributed by atoms with Gasteiger partial charge in [0.05, 0.1) is 13.2 Å². The molecular weight excluding hydrogens is 264 g/mol. The fraction of sp³-hybridized carbons (Fsp3) is 0.600. The van der Waals surface area contributed by atoms with Crippen LogP contribution in [-0.4, -0.2) is 51.8 Å². The summed E-state index contributed by atoms with van der Waals surface area (Å²) < 4.78 is 10.1. The van der Waals surface area contributed by atoms with E-state index in [1.54, 1.807) is 14.2 Å². The molecule has 0 amide bonds. The third kappa shape index (κ3) is 4.23. The maximum absolute atomic E-state index is 10.7. The first-order valence-electron chi connectivity index (χ1n) is 5.07. The maximum atomic E-state index is 10.7. The quantitative estimate of drug-likeness (QED) is 0.678. The highest BCUT2D eigenvalue weighted by atomic mass is 35.5. The summed E-state index contributed by atoms with van der Waals surface area (Å²) >= 11 is 7.11. The third-order valence-electron chi connectivity index (χ3n) is 2.11. The van der Waals surface area contributed by atoms with Crippen molar-refractivity contribution in [3.63, 3.8) is 0 Å². The van der Waals surface area contributed by atoms with Gasteiger partial charge < -0.3 is 14.4 Å². The van der Waals surface area contributed by atoms with E-state index >= 15 is 0 Å². The fourth-order valence-corrected chi connectivity index (χ4v) is 2.33. The number of anilines is 1. The van der Waals surface area contributed by atoms with E-state index < -0.39 is 0 Å². The van der Waals surface area contributed by atoms with Crippen LogP contribution in [0.25, 0.3) is 0 Å². The highest BCUT2D eigenvalue weighted by Gasteiger charge is 2.14. The molecule has 0 spiro atoms. The van der Waals surface area contributed by atoms with Crippen molar-refractivity contribution < 1.29 is 14.3 Å². The van der Waals surface area contributed by atoms with Crippen molar-refractivity contribution in [2.45, 2.75) is 0 Å². The van der Waals surface area contributed by atoms with E-state index in [9.17, 15) is 4.79 Å². The van der Waals surface area contributed by atoms with E-state index in [0.717, 1.165) is 0 Å². The molecule has 0 atom stereocenters. The van der Waals surface area contributed by atoms with Crippen molar-refractivity contribution in [1.29, 1.82) is 0 Å². The second kappa shape index (κ2) is 7.60. The monoisotopic (exact) mass is 278 g/mol. The van der Waals surface area contributed by atoms with E-state index in [2.05, 4.69) is 4.98 Å². The second-order valence-electron chi connectivity index (χ2n) is 3.24. The number of aromatic nitrogens is 1. The van der Waals surface area contributed by atoms with Crippen LogP contribution < -0.4 is 4.90 Å². The first-order chi connectivity index (χ1) is 8.22. The van der Waals surface area contributed by atoms with Crippen LogP contribution in [0.15, 0.2) is 0 Å². The molecule has 17 heavy (non-hydrogen) atoms. The zero-order valence-electron chi connectivity index (χ0n) is 9.81. The van der Waals surface area contributed by atoms with Crippen molar-refractivity contribution in [2.75, 3.05) is 45.4 Å². The molecule has 1 aromatic heterocycles. The highest BCUT2D eigenvalue weighted by Crippen LogP contribution is 2.28. The summed E-state index contributed by atoms with van der Waals surface area (Å²) in [6, 6.07) is 0. The van der Waals surface area contributed by atoms with Crippen molar-refractivity contribution in [1.82, 2.24) is 4.98 Å². The Morgan fingerprint density at radius 3 is 2.35 bits per heavy atom. The van der Waals surface area contributed by atoms with E-state index in [4.69, 9.17) is 21.1 Å². The Kier molecular flexibility index (Phi) is 6.43. The number of hydrogen-bond donors (Lipinski definition) is 0. The summed E-state index contributed by atoms with van der Waals surface area (Å²) in [5.41, 5.74) is 0. The van der Waals surface area contributed by atoms with Crippen LogP contribution in [0.1, 0.15) is 9.67 Å². The summed E-state index contributed by atoms with van der Waals surface area (Å²) in [6.45, 7) is 2.53. The minimum absolute atomic E-state index is 0.250. The number of ether oxygens (including phenoxy) is 2. The Balaban J connectivity index is 2.75. The largest absolute Gasteiger partial charge is 0.383 e. The van der Waals surface area contributed by atoms with Gasteiger partial charge in [-0.25, -0.2) is 4.98 Å². The molecule has 0 saturated carbocycles. The van der Waals surface area contributed by atoms with Gasteiger partial charge >= 0.3 is 0 Å². The van der Waals surface area contributed by atoms with Crippen LogP contribution in [0.5, 0.6) is 0 Å². The Hall–Kier alpha value is -0.690. The van der Waals surface area contributed by atoms with Gasteiger partial charge in [0, 0.05) is 27.3 Å². The Morgan fingerprint density at radius 2 is 1.94 bits per heavy atom. The molecule has 0 bridgehead atoms. The first kappa shape index (κ1) is 14.4. The number of nitrogens with zero attached hydrogens (tertiary/aromatic N) is 2. The smallest absolute Gasteiger partial charge is 0.187 e. The van der Waals surface area contributed by atoms with Crippen LogP contribution in [-0.2, 0) is 9.47 Å². The van der Waals surface area contributed by atoms with E-state index in [0.29, 0.717) is 42.6 Å². The van der Waals surface area contributed by atoms with Crippen molar-refractivity contribution in [2.24, 2.45) is 0 Å². The van der Waals surface area contributed by atoms with Gasteiger partial charge in [0.15, 0.2) is 16.6 Å². The number of methoxy groups -OCH3 is 2. The Labute approximate surface area is 109 Å². The van der Waals surface area contributed by atoms with Crippen LogP contribution >= 0.6 is 22.9 Å². The van der Waals surface area contributed by atoms with Crippen molar-refractivity contribution in [3.05, 3.63) is 10.0 Å². The number of hydrogen-bond acceptors (Lipinski definition) is 6. The lowest BCUT2D eigenvalue weighted by Crippen LogP contribution is -2.30. The lowest BCUT2D eigenvalue weighted by molar-refractivity contribution is 0.112. The number of rotatable bonds is 8. The SMILES string of the molecule is COCCN(CCOC)c1nc(Cl)c(C=O)s1. The normalized spacial score (nSPS) is 10.5. The summed E-state index contributed by atoms with van der Waals surface area (Å²) in [4.78, 5) is 17.3. The van der Waals surface area contributed by atoms with Gasteiger partial charge in [-0.05, 0) is 0 Å². The lowest BCUT2D eigenvalue weighted by atomic mass is 10.5. The van der Waals surface area contributed by atoms with E-state index in [1.165, 1.54) is 11.3 Å². The van der Waals surface area contributed by atoms with Crippen molar-refractivity contribution >= 4 is 34.4 Å². The van der Waals surface area contributed by atoms with Gasteiger partial charge in [0.2, 0.25) is 0 Å². The topological polar surface area (TPSA) is 51.7 Å². The molecule has 1 aromatic rings. The van der Waals surface area contributed by atoms with Crippen LogP contribution in [0.3, 0.4) is 0 Å². The Bertz CT molecular complexity index is 351. The molecule has 0 unspecified atom stereocenters. The predicted octanol–water partition coefficient (Wildman–Crippen LogP) is 1.71. The summed E-state index contributed by atoms with van der Waals surface area (Å²) in [5, 5.41) is 0.964.